The van der Waals surface area contributed by atoms with Gasteiger partial charge in [-0.15, -0.1) is 69.2 Å². The monoisotopic (exact) mass is 1380 g/mol. The number of ether oxygens (including phenoxy) is 2. The molecule has 29 nitrogen and oxygen atoms in total. The van der Waals surface area contributed by atoms with Crippen molar-refractivity contribution in [3.05, 3.63) is 118 Å². The highest BCUT2D eigenvalue weighted by Crippen LogP contribution is 2.44. The molecule has 5 aromatic carbocycles. The number of nitrogens with zero attached hydrogens (tertiary/aromatic N) is 11. The van der Waals surface area contributed by atoms with Crippen LogP contribution in [0.3, 0.4) is 0 Å². The molecule has 2 heterocycles. The van der Waals surface area contributed by atoms with Crippen LogP contribution in [0.5, 0.6) is 11.6 Å². The minimum atomic E-state index is -4.31. The average molecular weight is 1390 g/mol. The van der Waals surface area contributed by atoms with Gasteiger partial charge >= 0.3 is 21.2 Å². The molecule has 0 amide bonds. The third kappa shape index (κ3) is 25.5. The van der Waals surface area contributed by atoms with E-state index in [9.17, 15) is 49.3 Å². The zero-order valence-electron chi connectivity index (χ0n) is 47.1. The quantitative estimate of drug-likeness (QED) is 0.0200. The van der Waals surface area contributed by atoms with Crippen LogP contribution in [-0.2, 0) is 56.3 Å². The van der Waals surface area contributed by atoms with Crippen LogP contribution in [-0.4, -0.2) is 128 Å². The second-order valence-corrected chi connectivity index (χ2v) is 26.2. The van der Waals surface area contributed by atoms with E-state index < -0.39 is 68.8 Å². The van der Waals surface area contributed by atoms with Gasteiger partial charge in [0.1, 0.15) is 23.1 Å². The van der Waals surface area contributed by atoms with Crippen molar-refractivity contribution >= 4 is 149 Å². The Labute approximate surface area is 528 Å². The number of azo groups is 4. The van der Waals surface area contributed by atoms with E-state index in [-0.39, 0.29) is 79.0 Å². The predicted molar refractivity (Wildman–Crippen MR) is 335 cm³/mol. The van der Waals surface area contributed by atoms with Gasteiger partial charge < -0.3 is 14.6 Å². The van der Waals surface area contributed by atoms with E-state index in [4.69, 9.17) is 41.6 Å². The maximum atomic E-state index is 11.6. The number of aromatic hydroxyl groups is 1. The Hall–Kier alpha value is -7.54. The first kappa shape index (κ1) is 75.7. The zero-order valence-corrected chi connectivity index (χ0v) is 53.6. The van der Waals surface area contributed by atoms with Crippen molar-refractivity contribution < 1.29 is 78.7 Å². The van der Waals surface area contributed by atoms with E-state index in [2.05, 4.69) is 56.7 Å². The van der Waals surface area contributed by atoms with Crippen LogP contribution in [0.1, 0.15) is 54.5 Å². The molecule has 0 spiro atoms. The minimum Gasteiger partial charge on any atom is -0.493 e. The SMILES string of the molecule is C.COC.Cc1cc(N=Nc2cc(SCCCS(=O)(=O)O)c(N=Nc3cc(OCCCS(=O)(=O)O)c(N=Nc4c(C)c(C#N)c5nc6ccccc6n5c4O)cc3C)cc2C)c(SCCCS(=O)(=O)O)cc1N=Nc1ccc(Cl)cc1.O=S(=O)=O.O=S(=O)=O. The molecule has 478 valence electrons. The van der Waals surface area contributed by atoms with E-state index in [0.717, 1.165) is 0 Å². The number of hydrogen-bond acceptors (Lipinski definition) is 27. The second kappa shape index (κ2) is 35.6. The molecular weight excluding hydrogens is 1330 g/mol. The first-order valence-corrected chi connectivity index (χ1v) is 34.1. The Balaban J connectivity index is 0.00000159. The highest BCUT2D eigenvalue weighted by atomic mass is 35.5. The third-order valence-corrected chi connectivity index (χ3v) is 16.1. The normalized spacial score (nSPS) is 11.7. The fraction of sp³-hybridized carbons (Fsp3) is 0.308. The molecule has 0 atom stereocenters. The zero-order chi connectivity index (χ0) is 65.5. The Morgan fingerprint density at radius 1 is 0.607 bits per heavy atom. The van der Waals surface area contributed by atoms with E-state index in [1.165, 1.54) is 34.0 Å². The van der Waals surface area contributed by atoms with Crippen LogP contribution in [0.15, 0.2) is 136 Å². The minimum absolute atomic E-state index is 0. The Bertz CT molecular complexity index is 4400. The molecular formula is C52H58ClN11O18S7. The van der Waals surface area contributed by atoms with Crippen LogP contribution < -0.4 is 4.74 Å². The number of rotatable bonds is 23. The third-order valence-electron chi connectivity index (χ3n) is 11.2. The van der Waals surface area contributed by atoms with Crippen molar-refractivity contribution in [2.75, 3.05) is 49.6 Å². The smallest absolute Gasteiger partial charge is 0.425 e. The first-order valence-electron chi connectivity index (χ1n) is 24.9. The number of imidazole rings is 1. The molecule has 37 heteroatoms. The lowest BCUT2D eigenvalue weighted by molar-refractivity contribution is 0.277. The summed E-state index contributed by atoms with van der Waals surface area (Å²) < 4.78 is 160. The maximum absolute atomic E-state index is 11.6. The van der Waals surface area contributed by atoms with Crippen molar-refractivity contribution in [1.82, 2.24) is 9.38 Å². The number of para-hydroxylation sites is 2. The molecule has 0 aliphatic heterocycles. The van der Waals surface area contributed by atoms with Crippen LogP contribution in [0.2, 0.25) is 5.02 Å². The summed E-state index contributed by atoms with van der Waals surface area (Å²) in [7, 11) is -15.7. The molecule has 2 aromatic heterocycles. The van der Waals surface area contributed by atoms with Crippen molar-refractivity contribution in [2.24, 2.45) is 40.9 Å². The van der Waals surface area contributed by atoms with Gasteiger partial charge in [-0.25, -0.2) is 4.98 Å². The van der Waals surface area contributed by atoms with Crippen molar-refractivity contribution in [2.45, 2.75) is 64.2 Å². The number of nitriles is 1. The highest BCUT2D eigenvalue weighted by molar-refractivity contribution is 7.99. The van der Waals surface area contributed by atoms with Crippen molar-refractivity contribution in [3.8, 4) is 17.7 Å². The first-order chi connectivity index (χ1) is 41.3. The van der Waals surface area contributed by atoms with Gasteiger partial charge in [0.2, 0.25) is 5.88 Å². The summed E-state index contributed by atoms with van der Waals surface area (Å²) >= 11 is 8.54. The summed E-state index contributed by atoms with van der Waals surface area (Å²) in [5, 5.41) is 58.1. The number of halogens is 1. The molecule has 0 unspecified atom stereocenters. The predicted octanol–water partition coefficient (Wildman–Crippen LogP) is 12.9. The van der Waals surface area contributed by atoms with Crippen LogP contribution >= 0.6 is 35.1 Å². The number of hydrogen-bond donors (Lipinski definition) is 4. The van der Waals surface area contributed by atoms with E-state index in [1.54, 1.807) is 114 Å². The summed E-state index contributed by atoms with van der Waals surface area (Å²) in [6.07, 6.45) is 0.122. The number of pyridine rings is 1. The van der Waals surface area contributed by atoms with Gasteiger partial charge in [-0.1, -0.05) is 31.2 Å². The lowest BCUT2D eigenvalue weighted by Crippen LogP contribution is -2.08. The standard InChI is InChI=1S/C49H48ClN11O11S5.C2H6O.CH4.2O3S/c1-29-22-40(57-60-47-32(4)35(28-51)48-52-36-10-5-6-11-43(36)61(48)49(47)62)44(72-16-7-19-75(63,64)65)25-37(29)55-58-41-24-31(3)39(27-46(41)74-18-9-21-77(69,70)71)56-59-42-23-30(2)38(54-53-34-14-12-33(50)13-15-34)26-45(42)73-17-8-20-76(66,67)68;1-3-2;;2*1-4(2)3/h5-6,10-15,22-27,62H,7-9,16-21H2,1-4H3,(H,63,64,65)(H,66,67,68)(H,69,70,71);1-2H3;1H4;;. The van der Waals surface area contributed by atoms with Crippen molar-refractivity contribution in [3.63, 3.8) is 0 Å². The Kier molecular flexibility index (Phi) is 30.3. The molecule has 0 bridgehead atoms. The number of aromatic nitrogens is 2. The summed E-state index contributed by atoms with van der Waals surface area (Å²) in [5.74, 6) is -1.24. The van der Waals surface area contributed by atoms with Gasteiger partial charge in [0.25, 0.3) is 30.4 Å². The largest absolute Gasteiger partial charge is 0.493 e. The summed E-state index contributed by atoms with van der Waals surface area (Å²) in [5.41, 5.74) is 6.24. The van der Waals surface area contributed by atoms with Gasteiger partial charge in [0.15, 0.2) is 11.3 Å². The molecule has 0 fully saturated rings. The molecule has 4 N–H and O–H groups in total. The lowest BCUT2D eigenvalue weighted by atomic mass is 10.1. The van der Waals surface area contributed by atoms with Gasteiger partial charge in [0, 0.05) is 40.7 Å². The average Bonchev–Trinajstić information content (AvgIpc) is 1.65. The van der Waals surface area contributed by atoms with Crippen LogP contribution in [0.25, 0.3) is 16.7 Å². The van der Waals surface area contributed by atoms with E-state index in [0.29, 0.717) is 82.3 Å². The molecule has 0 aliphatic rings. The summed E-state index contributed by atoms with van der Waals surface area (Å²) in [6.45, 7) is 6.71. The number of benzene rings is 5. The molecule has 0 saturated carbocycles. The molecule has 89 heavy (non-hydrogen) atoms. The molecule has 7 aromatic rings. The van der Waals surface area contributed by atoms with Crippen LogP contribution in [0.4, 0.5) is 45.5 Å². The number of fused-ring (bicyclic) bond motifs is 3. The fourth-order valence-corrected chi connectivity index (χ4v) is 11.2. The summed E-state index contributed by atoms with van der Waals surface area (Å²) in [6, 6.07) is 25.9. The maximum Gasteiger partial charge on any atom is 0.425 e. The topological polar surface area (TPSA) is 444 Å². The lowest BCUT2D eigenvalue weighted by Gasteiger charge is -2.12. The van der Waals surface area contributed by atoms with Gasteiger partial charge in [0.05, 0.1) is 69.0 Å². The van der Waals surface area contributed by atoms with E-state index in [1.807, 2.05) is 6.92 Å². The van der Waals surface area contributed by atoms with Gasteiger partial charge in [-0.3, -0.25) is 18.1 Å². The van der Waals surface area contributed by atoms with Crippen molar-refractivity contribution in [1.29, 1.82) is 5.26 Å². The highest BCUT2D eigenvalue weighted by Gasteiger charge is 2.22. The Morgan fingerprint density at radius 3 is 1.49 bits per heavy atom. The van der Waals surface area contributed by atoms with E-state index >= 15 is 0 Å². The van der Waals surface area contributed by atoms with Crippen LogP contribution in [0, 0.1) is 39.0 Å². The van der Waals surface area contributed by atoms with Gasteiger partial charge in [-0.2, -0.15) is 51.0 Å². The summed E-state index contributed by atoms with van der Waals surface area (Å²) in [4.78, 5) is 5.65. The fourth-order valence-electron chi connectivity index (χ4n) is 7.32. The van der Waals surface area contributed by atoms with Gasteiger partial charge in [-0.05, 0) is 142 Å². The number of aryl methyl sites for hydroxylation is 3. The molecule has 0 aliphatic carbocycles. The Morgan fingerprint density at radius 2 is 1.02 bits per heavy atom. The number of thioether (sulfide) groups is 2. The second-order valence-electron chi connectivity index (χ2n) is 17.9. The molecule has 0 radical (unpaired) electrons. The molecule has 0 saturated heterocycles. The molecule has 7 rings (SSSR count). The number of methoxy groups -OCH3 is 1.